The number of hydrogen-bond donors (Lipinski definition) is 2. The van der Waals surface area contributed by atoms with Crippen molar-refractivity contribution in [1.82, 2.24) is 15.6 Å². The monoisotopic (exact) mass is 273 g/mol. The maximum atomic E-state index is 13.3. The molecule has 2 N–H and O–H groups in total. The largest absolute Gasteiger partial charge is 0.338 e. The van der Waals surface area contributed by atoms with Gasteiger partial charge < -0.3 is 10.6 Å². The second-order valence-corrected chi connectivity index (χ2v) is 4.27. The molecule has 0 aliphatic carbocycles. The van der Waals surface area contributed by atoms with Crippen LogP contribution in [0.4, 0.5) is 9.18 Å². The van der Waals surface area contributed by atoms with Crippen LogP contribution in [0.1, 0.15) is 11.3 Å². The second kappa shape index (κ2) is 7.23. The van der Waals surface area contributed by atoms with Gasteiger partial charge in [-0.2, -0.15) is 0 Å². The Morgan fingerprint density at radius 3 is 2.65 bits per heavy atom. The third-order valence-corrected chi connectivity index (χ3v) is 2.79. The van der Waals surface area contributed by atoms with E-state index in [1.54, 1.807) is 24.4 Å². The van der Waals surface area contributed by atoms with Crippen LogP contribution in [0.2, 0.25) is 0 Å². The average Bonchev–Trinajstić information content (AvgIpc) is 2.47. The molecule has 0 fully saturated rings. The summed E-state index contributed by atoms with van der Waals surface area (Å²) in [5.41, 5.74) is 1.38. The summed E-state index contributed by atoms with van der Waals surface area (Å²) in [5, 5.41) is 5.32. The zero-order valence-electron chi connectivity index (χ0n) is 11.0. The van der Waals surface area contributed by atoms with E-state index in [1.165, 1.54) is 6.07 Å². The van der Waals surface area contributed by atoms with Gasteiger partial charge in [-0.3, -0.25) is 4.98 Å². The number of hydrogen-bond acceptors (Lipinski definition) is 2. The third kappa shape index (κ3) is 4.35. The lowest BCUT2D eigenvalue weighted by molar-refractivity contribution is 0.240. The van der Waals surface area contributed by atoms with Crippen LogP contribution in [0.3, 0.4) is 0 Å². The second-order valence-electron chi connectivity index (χ2n) is 4.27. The molecule has 1 aromatic carbocycles. The van der Waals surface area contributed by atoms with Crippen LogP contribution < -0.4 is 10.6 Å². The van der Waals surface area contributed by atoms with Crippen molar-refractivity contribution in [3.8, 4) is 0 Å². The molecule has 0 saturated carbocycles. The molecule has 1 aromatic heterocycles. The van der Waals surface area contributed by atoms with Crippen molar-refractivity contribution in [2.45, 2.75) is 13.0 Å². The van der Waals surface area contributed by atoms with Crippen molar-refractivity contribution in [1.29, 1.82) is 0 Å². The van der Waals surface area contributed by atoms with Gasteiger partial charge in [-0.1, -0.05) is 24.3 Å². The average molecular weight is 273 g/mol. The van der Waals surface area contributed by atoms with Gasteiger partial charge in [0.05, 0.1) is 0 Å². The van der Waals surface area contributed by atoms with Gasteiger partial charge in [-0.05, 0) is 18.2 Å². The number of halogens is 1. The Hall–Kier alpha value is -2.43. The molecule has 0 saturated heterocycles. The van der Waals surface area contributed by atoms with Crippen LogP contribution >= 0.6 is 0 Å². The molecule has 2 rings (SSSR count). The van der Waals surface area contributed by atoms with Gasteiger partial charge in [-0.15, -0.1) is 0 Å². The van der Waals surface area contributed by atoms with E-state index in [0.29, 0.717) is 18.5 Å². The SMILES string of the molecule is O=C(NCCc1ccccn1)NCc1ccccc1F. The highest BCUT2D eigenvalue weighted by Gasteiger charge is 2.03. The lowest BCUT2D eigenvalue weighted by atomic mass is 10.2. The van der Waals surface area contributed by atoms with E-state index >= 15 is 0 Å². The first kappa shape index (κ1) is 14.0. The Morgan fingerprint density at radius 2 is 1.90 bits per heavy atom. The number of pyridine rings is 1. The van der Waals surface area contributed by atoms with Crippen LogP contribution in [-0.2, 0) is 13.0 Å². The number of carbonyl (C=O) groups excluding carboxylic acids is 1. The summed E-state index contributed by atoms with van der Waals surface area (Å²) in [5.74, 6) is -0.318. The third-order valence-electron chi connectivity index (χ3n) is 2.79. The van der Waals surface area contributed by atoms with Gasteiger partial charge in [0.1, 0.15) is 5.82 Å². The summed E-state index contributed by atoms with van der Waals surface area (Å²) in [6, 6.07) is 11.7. The minimum atomic E-state index is -0.318. The highest BCUT2D eigenvalue weighted by Crippen LogP contribution is 2.05. The maximum absolute atomic E-state index is 13.3. The summed E-state index contributed by atoms with van der Waals surface area (Å²) in [6.07, 6.45) is 2.38. The van der Waals surface area contributed by atoms with E-state index in [9.17, 15) is 9.18 Å². The fraction of sp³-hybridized carbons (Fsp3) is 0.200. The van der Waals surface area contributed by atoms with Gasteiger partial charge in [0.2, 0.25) is 0 Å². The molecule has 5 heteroatoms. The Labute approximate surface area is 117 Å². The molecule has 20 heavy (non-hydrogen) atoms. The smallest absolute Gasteiger partial charge is 0.315 e. The van der Waals surface area contributed by atoms with Crippen LogP contribution in [0.15, 0.2) is 48.7 Å². The predicted molar refractivity (Wildman–Crippen MR) is 74.6 cm³/mol. The highest BCUT2D eigenvalue weighted by atomic mass is 19.1. The number of benzene rings is 1. The number of urea groups is 1. The summed E-state index contributed by atoms with van der Waals surface area (Å²) in [4.78, 5) is 15.7. The summed E-state index contributed by atoms with van der Waals surface area (Å²) in [6.45, 7) is 0.655. The Morgan fingerprint density at radius 1 is 1.10 bits per heavy atom. The zero-order chi connectivity index (χ0) is 14.2. The highest BCUT2D eigenvalue weighted by molar-refractivity contribution is 5.73. The summed E-state index contributed by atoms with van der Waals surface area (Å²) in [7, 11) is 0. The first-order valence-corrected chi connectivity index (χ1v) is 6.41. The number of carbonyl (C=O) groups is 1. The number of aromatic nitrogens is 1. The van der Waals surface area contributed by atoms with Crippen LogP contribution in [0, 0.1) is 5.82 Å². The van der Waals surface area contributed by atoms with E-state index < -0.39 is 0 Å². The molecule has 0 unspecified atom stereocenters. The first-order chi connectivity index (χ1) is 9.75. The molecule has 104 valence electrons. The molecule has 0 spiro atoms. The lowest BCUT2D eigenvalue weighted by Gasteiger charge is -2.08. The minimum Gasteiger partial charge on any atom is -0.338 e. The van der Waals surface area contributed by atoms with Gasteiger partial charge in [0, 0.05) is 37.0 Å². The van der Waals surface area contributed by atoms with Gasteiger partial charge >= 0.3 is 6.03 Å². The van der Waals surface area contributed by atoms with E-state index in [1.807, 2.05) is 18.2 Å². The van der Waals surface area contributed by atoms with Crippen LogP contribution in [-0.4, -0.2) is 17.6 Å². The van der Waals surface area contributed by atoms with Crippen molar-refractivity contribution in [3.63, 3.8) is 0 Å². The molecule has 0 radical (unpaired) electrons. The minimum absolute atomic E-state index is 0.169. The summed E-state index contributed by atoms with van der Waals surface area (Å²) >= 11 is 0. The molecule has 1 heterocycles. The number of rotatable bonds is 5. The predicted octanol–water partition coefficient (Wildman–Crippen LogP) is 2.26. The van der Waals surface area contributed by atoms with Crippen molar-refractivity contribution in [2.75, 3.05) is 6.54 Å². The van der Waals surface area contributed by atoms with Gasteiger partial charge in [0.15, 0.2) is 0 Å². The van der Waals surface area contributed by atoms with E-state index in [-0.39, 0.29) is 18.4 Å². The lowest BCUT2D eigenvalue weighted by Crippen LogP contribution is -2.36. The van der Waals surface area contributed by atoms with E-state index in [4.69, 9.17) is 0 Å². The zero-order valence-corrected chi connectivity index (χ0v) is 11.0. The molecular weight excluding hydrogens is 257 g/mol. The molecule has 0 aliphatic heterocycles. The number of nitrogens with zero attached hydrogens (tertiary/aromatic N) is 1. The molecule has 4 nitrogen and oxygen atoms in total. The van der Waals surface area contributed by atoms with Gasteiger partial charge in [-0.25, -0.2) is 9.18 Å². The van der Waals surface area contributed by atoms with E-state index in [2.05, 4.69) is 15.6 Å². The molecule has 2 aromatic rings. The molecule has 0 bridgehead atoms. The number of nitrogens with one attached hydrogen (secondary N) is 2. The molecule has 0 aliphatic rings. The fourth-order valence-corrected chi connectivity index (χ4v) is 1.73. The first-order valence-electron chi connectivity index (χ1n) is 6.41. The fourth-order valence-electron chi connectivity index (χ4n) is 1.73. The van der Waals surface area contributed by atoms with Gasteiger partial charge in [0.25, 0.3) is 0 Å². The molecule has 0 atom stereocenters. The van der Waals surface area contributed by atoms with Crippen molar-refractivity contribution < 1.29 is 9.18 Å². The normalized spacial score (nSPS) is 10.1. The Balaban J connectivity index is 1.70. The standard InChI is InChI=1S/C15H16FN3O/c16-14-7-2-1-5-12(14)11-19-15(20)18-10-8-13-6-3-4-9-17-13/h1-7,9H,8,10-11H2,(H2,18,19,20). The molecular formula is C15H16FN3O. The maximum Gasteiger partial charge on any atom is 0.315 e. The Bertz CT molecular complexity index is 560. The topological polar surface area (TPSA) is 54.0 Å². The Kier molecular flexibility index (Phi) is 5.06. The summed E-state index contributed by atoms with van der Waals surface area (Å²) < 4.78 is 13.3. The number of amides is 2. The van der Waals surface area contributed by atoms with Crippen LogP contribution in [0.25, 0.3) is 0 Å². The quantitative estimate of drug-likeness (QED) is 0.878. The van der Waals surface area contributed by atoms with Crippen LogP contribution in [0.5, 0.6) is 0 Å². The van der Waals surface area contributed by atoms with Crippen molar-refractivity contribution in [2.24, 2.45) is 0 Å². The van der Waals surface area contributed by atoms with E-state index in [0.717, 1.165) is 5.69 Å². The molecule has 2 amide bonds. The van der Waals surface area contributed by atoms with Crippen molar-refractivity contribution >= 4 is 6.03 Å². The van der Waals surface area contributed by atoms with Crippen molar-refractivity contribution in [3.05, 3.63) is 65.7 Å².